The number of nitrogens with one attached hydrogen (secondary N) is 2. The summed E-state index contributed by atoms with van der Waals surface area (Å²) in [5.74, 6) is 0.136. The molecule has 200 valence electrons. The number of alkyl halides is 3. The minimum atomic E-state index is -4.55. The molecule has 0 aliphatic carbocycles. The molecule has 0 saturated carbocycles. The third-order valence-corrected chi connectivity index (χ3v) is 6.45. The molecule has 0 bridgehead atoms. The number of anilines is 2. The van der Waals surface area contributed by atoms with Crippen LogP contribution in [0.3, 0.4) is 0 Å². The molecule has 2 aromatic heterocycles. The number of fused-ring (bicyclic) bond motifs is 1. The number of nitrogens with zero attached hydrogens (tertiary/aromatic N) is 5. The normalized spacial score (nSPS) is 14.9. The number of halogens is 4. The van der Waals surface area contributed by atoms with Gasteiger partial charge in [-0.1, -0.05) is 39.3 Å². The summed E-state index contributed by atoms with van der Waals surface area (Å²) in [6.07, 6.45) is -4.11. The van der Waals surface area contributed by atoms with Gasteiger partial charge in [0.15, 0.2) is 5.82 Å². The molecule has 1 aromatic carbocycles. The quantitative estimate of drug-likeness (QED) is 0.515. The highest BCUT2D eigenvalue weighted by Gasteiger charge is 2.31. The van der Waals surface area contributed by atoms with Crippen molar-refractivity contribution >= 4 is 34.7 Å². The Morgan fingerprint density at radius 2 is 1.86 bits per heavy atom. The number of hydrogen-bond donors (Lipinski definition) is 2. The lowest BCUT2D eigenvalue weighted by atomic mass is 9.96. The number of rotatable bonds is 5. The Balaban J connectivity index is 1.78. The third-order valence-electron chi connectivity index (χ3n) is 6.14. The summed E-state index contributed by atoms with van der Waals surface area (Å²) in [7, 11) is 0. The van der Waals surface area contributed by atoms with Gasteiger partial charge < -0.3 is 20.1 Å². The zero-order chi connectivity index (χ0) is 27.1. The van der Waals surface area contributed by atoms with Crippen LogP contribution in [-0.4, -0.2) is 51.3 Å². The van der Waals surface area contributed by atoms with E-state index in [9.17, 15) is 22.8 Å². The summed E-state index contributed by atoms with van der Waals surface area (Å²) in [5.41, 5.74) is -0.533. The van der Waals surface area contributed by atoms with Crippen molar-refractivity contribution in [2.75, 3.05) is 36.4 Å². The second-order valence-corrected chi connectivity index (χ2v) is 10.3. The molecule has 0 unspecified atom stereocenters. The highest BCUT2D eigenvalue weighted by atomic mass is 35.5. The maximum Gasteiger partial charge on any atom is 0.416 e. The minimum absolute atomic E-state index is 0.0500. The molecular formula is C24H29ClF3N7O2. The maximum absolute atomic E-state index is 13.6. The predicted octanol–water partition coefficient (Wildman–Crippen LogP) is 3.47. The maximum atomic E-state index is 13.6. The topological polar surface area (TPSA) is 96.6 Å². The molecule has 0 atom stereocenters. The second-order valence-electron chi connectivity index (χ2n) is 9.91. The molecule has 1 saturated heterocycles. The number of benzene rings is 1. The summed E-state index contributed by atoms with van der Waals surface area (Å²) in [6.45, 7) is 10.1. The van der Waals surface area contributed by atoms with Crippen LogP contribution in [0.2, 0.25) is 5.02 Å². The average Bonchev–Trinajstić information content (AvgIpc) is 3.28. The summed E-state index contributed by atoms with van der Waals surface area (Å²) in [6, 6.07) is 2.74. The Labute approximate surface area is 216 Å². The van der Waals surface area contributed by atoms with Crippen LogP contribution in [0.25, 0.3) is 5.78 Å². The average molecular weight is 540 g/mol. The molecule has 1 aliphatic rings. The standard InChI is InChI=1S/C24H29ClF3N7O2/c1-5-17-19(33-10-8-29-9-11-33)20(37)35-22(31-21(32-35)23(2,3)4)34(17)13-18(36)30-16-7-6-14(12-15(16)25)24(26,27)28/h6-7,12,29H,5,8-11,13H2,1-4H3,(H,30,36). The van der Waals surface area contributed by atoms with E-state index in [1.165, 1.54) is 4.52 Å². The Kier molecular flexibility index (Phi) is 7.26. The van der Waals surface area contributed by atoms with Crippen LogP contribution >= 0.6 is 11.6 Å². The van der Waals surface area contributed by atoms with Gasteiger partial charge in [0.1, 0.15) is 12.2 Å². The molecule has 0 radical (unpaired) electrons. The van der Waals surface area contributed by atoms with Gasteiger partial charge >= 0.3 is 6.18 Å². The van der Waals surface area contributed by atoms with Crippen LogP contribution in [0.5, 0.6) is 0 Å². The molecule has 9 nitrogen and oxygen atoms in total. The molecule has 3 aromatic rings. The number of piperazine rings is 1. The Morgan fingerprint density at radius 1 is 1.19 bits per heavy atom. The summed E-state index contributed by atoms with van der Waals surface area (Å²) in [4.78, 5) is 33.3. The van der Waals surface area contributed by atoms with Crippen molar-refractivity contribution in [3.05, 3.63) is 50.7 Å². The van der Waals surface area contributed by atoms with E-state index in [4.69, 9.17) is 11.6 Å². The first-order valence-corrected chi connectivity index (χ1v) is 12.3. The van der Waals surface area contributed by atoms with E-state index in [2.05, 4.69) is 20.7 Å². The molecular weight excluding hydrogens is 511 g/mol. The predicted molar refractivity (Wildman–Crippen MR) is 135 cm³/mol. The Morgan fingerprint density at radius 3 is 2.43 bits per heavy atom. The van der Waals surface area contributed by atoms with Gasteiger partial charge in [0.2, 0.25) is 11.7 Å². The number of carbonyl (C=O) groups excluding carboxylic acids is 1. The second kappa shape index (κ2) is 9.97. The van der Waals surface area contributed by atoms with E-state index in [1.807, 2.05) is 32.6 Å². The van der Waals surface area contributed by atoms with Gasteiger partial charge in [0.25, 0.3) is 5.56 Å². The molecule has 2 N–H and O–H groups in total. The van der Waals surface area contributed by atoms with Gasteiger partial charge in [0.05, 0.1) is 22.0 Å². The highest BCUT2D eigenvalue weighted by molar-refractivity contribution is 6.33. The van der Waals surface area contributed by atoms with Gasteiger partial charge in [-0.05, 0) is 24.6 Å². The van der Waals surface area contributed by atoms with E-state index in [0.717, 1.165) is 18.2 Å². The smallest absolute Gasteiger partial charge is 0.363 e. The van der Waals surface area contributed by atoms with Gasteiger partial charge in [0, 0.05) is 31.6 Å². The number of hydrogen-bond acceptors (Lipinski definition) is 6. The zero-order valence-electron chi connectivity index (χ0n) is 21.0. The summed E-state index contributed by atoms with van der Waals surface area (Å²) < 4.78 is 41.9. The first-order chi connectivity index (χ1) is 17.3. The molecule has 3 heterocycles. The highest BCUT2D eigenvalue weighted by Crippen LogP contribution is 2.34. The lowest BCUT2D eigenvalue weighted by Gasteiger charge is -2.31. The minimum Gasteiger partial charge on any atom is -0.363 e. The van der Waals surface area contributed by atoms with Crippen molar-refractivity contribution < 1.29 is 18.0 Å². The fourth-order valence-corrected chi connectivity index (χ4v) is 4.49. The lowest BCUT2D eigenvalue weighted by Crippen LogP contribution is -2.47. The van der Waals surface area contributed by atoms with Gasteiger partial charge in [-0.2, -0.15) is 22.7 Å². The molecule has 1 amide bonds. The van der Waals surface area contributed by atoms with E-state index < -0.39 is 23.1 Å². The van der Waals surface area contributed by atoms with Crippen LogP contribution in [0, 0.1) is 0 Å². The first kappa shape index (κ1) is 26.9. The van der Waals surface area contributed by atoms with Crippen LogP contribution < -0.4 is 21.1 Å². The lowest BCUT2D eigenvalue weighted by molar-refractivity contribution is -0.137. The monoisotopic (exact) mass is 539 g/mol. The summed E-state index contributed by atoms with van der Waals surface area (Å²) in [5, 5.41) is 10.1. The van der Waals surface area contributed by atoms with Gasteiger partial charge in [-0.15, -0.1) is 5.10 Å². The van der Waals surface area contributed by atoms with E-state index in [-0.39, 0.29) is 28.6 Å². The van der Waals surface area contributed by atoms with Crippen molar-refractivity contribution in [3.8, 4) is 0 Å². The molecule has 37 heavy (non-hydrogen) atoms. The Bertz CT molecular complexity index is 1390. The van der Waals surface area contributed by atoms with Crippen molar-refractivity contribution in [1.82, 2.24) is 24.5 Å². The summed E-state index contributed by atoms with van der Waals surface area (Å²) >= 11 is 6.04. The van der Waals surface area contributed by atoms with Crippen LogP contribution in [-0.2, 0) is 29.4 Å². The van der Waals surface area contributed by atoms with Crippen molar-refractivity contribution in [2.45, 2.75) is 52.3 Å². The zero-order valence-corrected chi connectivity index (χ0v) is 21.8. The molecule has 4 rings (SSSR count). The fraction of sp³-hybridized carbons (Fsp3) is 0.500. The number of amides is 1. The fourth-order valence-electron chi connectivity index (χ4n) is 4.26. The molecule has 0 spiro atoms. The van der Waals surface area contributed by atoms with E-state index in [0.29, 0.717) is 49.8 Å². The molecule has 1 fully saturated rings. The van der Waals surface area contributed by atoms with E-state index in [1.54, 1.807) is 4.57 Å². The largest absolute Gasteiger partial charge is 0.416 e. The van der Waals surface area contributed by atoms with Crippen molar-refractivity contribution in [3.63, 3.8) is 0 Å². The van der Waals surface area contributed by atoms with Crippen molar-refractivity contribution in [2.24, 2.45) is 0 Å². The van der Waals surface area contributed by atoms with Gasteiger partial charge in [-0.3, -0.25) is 9.59 Å². The Hall–Kier alpha value is -3.12. The number of aromatic nitrogens is 4. The number of carbonyl (C=O) groups is 1. The van der Waals surface area contributed by atoms with Gasteiger partial charge in [-0.25, -0.2) is 0 Å². The molecule has 1 aliphatic heterocycles. The van der Waals surface area contributed by atoms with Crippen LogP contribution in [0.4, 0.5) is 24.5 Å². The SMILES string of the molecule is CCc1c(N2CCNCC2)c(=O)n2nc(C(C)(C)C)nc2n1CC(=O)Nc1ccc(C(F)(F)F)cc1Cl. The van der Waals surface area contributed by atoms with Crippen molar-refractivity contribution in [1.29, 1.82) is 0 Å². The molecule has 13 heteroatoms. The van der Waals surface area contributed by atoms with Crippen LogP contribution in [0.15, 0.2) is 23.0 Å². The first-order valence-electron chi connectivity index (χ1n) is 12.0. The van der Waals surface area contributed by atoms with E-state index >= 15 is 0 Å². The third kappa shape index (κ3) is 5.45. The van der Waals surface area contributed by atoms with Crippen LogP contribution in [0.1, 0.15) is 44.8 Å².